The number of aromatic nitrogens is 1. The Labute approximate surface area is 201 Å². The number of rotatable bonds is 11. The molecule has 0 bridgehead atoms. The third-order valence-corrected chi connectivity index (χ3v) is 6.14. The fraction of sp³-hybridized carbons (Fsp3) is 0.519. The Morgan fingerprint density at radius 3 is 2.53 bits per heavy atom. The second-order valence-electron chi connectivity index (χ2n) is 8.95. The maximum absolute atomic E-state index is 13.0. The van der Waals surface area contributed by atoms with E-state index in [1.54, 1.807) is 20.2 Å². The summed E-state index contributed by atoms with van der Waals surface area (Å²) >= 11 is 0. The Kier molecular flexibility index (Phi) is 8.67. The number of benzene rings is 1. The molecule has 0 amide bonds. The van der Waals surface area contributed by atoms with Crippen LogP contribution in [0.2, 0.25) is 0 Å². The number of ether oxygens (including phenoxy) is 3. The number of carbonyl (C=O) groups is 2. The molecular formula is C27H35NO6. The minimum absolute atomic E-state index is 0.00932. The minimum atomic E-state index is -0.616. The van der Waals surface area contributed by atoms with Crippen LogP contribution in [-0.2, 0) is 15.9 Å². The zero-order chi connectivity index (χ0) is 24.8. The molecule has 0 aliphatic carbocycles. The zero-order valence-corrected chi connectivity index (χ0v) is 20.8. The van der Waals surface area contributed by atoms with E-state index < -0.39 is 5.97 Å². The molecule has 1 aliphatic rings. The first-order valence-corrected chi connectivity index (χ1v) is 12.1. The van der Waals surface area contributed by atoms with Crippen LogP contribution in [0.25, 0.3) is 11.3 Å². The Morgan fingerprint density at radius 2 is 1.88 bits per heavy atom. The van der Waals surface area contributed by atoms with Crippen LogP contribution in [0, 0.1) is 5.92 Å². The van der Waals surface area contributed by atoms with Gasteiger partial charge in [-0.05, 0) is 43.4 Å². The number of methoxy groups -OCH3 is 1. The molecule has 0 saturated carbocycles. The van der Waals surface area contributed by atoms with E-state index in [0.29, 0.717) is 43.1 Å². The Hall–Kier alpha value is -2.93. The quantitative estimate of drug-likeness (QED) is 0.266. The molecule has 2 heterocycles. The van der Waals surface area contributed by atoms with Crippen molar-refractivity contribution in [3.05, 3.63) is 51.3 Å². The van der Waals surface area contributed by atoms with Gasteiger partial charge in [-0.2, -0.15) is 0 Å². The van der Waals surface area contributed by atoms with Gasteiger partial charge in [-0.3, -0.25) is 9.59 Å². The van der Waals surface area contributed by atoms with Crippen molar-refractivity contribution in [2.45, 2.75) is 59.4 Å². The highest BCUT2D eigenvalue weighted by Crippen LogP contribution is 2.40. The van der Waals surface area contributed by atoms with E-state index in [2.05, 4.69) is 13.8 Å². The van der Waals surface area contributed by atoms with Crippen LogP contribution >= 0.6 is 0 Å². The summed E-state index contributed by atoms with van der Waals surface area (Å²) in [4.78, 5) is 38.2. The summed E-state index contributed by atoms with van der Waals surface area (Å²) in [5.74, 6) is 0.219. The van der Waals surface area contributed by atoms with E-state index >= 15 is 0 Å². The van der Waals surface area contributed by atoms with Crippen molar-refractivity contribution in [2.24, 2.45) is 5.92 Å². The van der Waals surface area contributed by atoms with Gasteiger partial charge in [0.15, 0.2) is 11.2 Å². The Morgan fingerprint density at radius 1 is 1.12 bits per heavy atom. The van der Waals surface area contributed by atoms with Gasteiger partial charge in [0.25, 0.3) is 0 Å². The number of hydrogen-bond acceptors (Lipinski definition) is 6. The zero-order valence-electron chi connectivity index (χ0n) is 20.8. The van der Waals surface area contributed by atoms with Gasteiger partial charge in [0.05, 0.1) is 24.5 Å². The van der Waals surface area contributed by atoms with Crippen LogP contribution in [0.15, 0.2) is 29.2 Å². The monoisotopic (exact) mass is 469 g/mol. The minimum Gasteiger partial charge on any atom is -0.493 e. The molecular weight excluding hydrogens is 434 g/mol. The smallest absolute Gasteiger partial charge is 0.343 e. The molecule has 184 valence electrons. The first kappa shape index (κ1) is 25.7. The van der Waals surface area contributed by atoms with Crippen molar-refractivity contribution in [3.8, 4) is 17.0 Å². The fourth-order valence-electron chi connectivity index (χ4n) is 4.40. The third kappa shape index (κ3) is 5.41. The summed E-state index contributed by atoms with van der Waals surface area (Å²) in [6, 6.07) is 5.33. The maximum Gasteiger partial charge on any atom is 0.343 e. The third-order valence-electron chi connectivity index (χ3n) is 6.14. The molecule has 0 saturated heterocycles. The fourth-order valence-corrected chi connectivity index (χ4v) is 4.40. The number of ketones is 1. The van der Waals surface area contributed by atoms with Crippen molar-refractivity contribution in [1.29, 1.82) is 0 Å². The van der Waals surface area contributed by atoms with E-state index in [0.717, 1.165) is 24.0 Å². The number of nitrogens with zero attached hydrogens (tertiary/aromatic N) is 1. The first-order chi connectivity index (χ1) is 16.3. The number of Topliss-reactive ketones (excluding diaryl/α,β-unsaturated/α-hetero) is 1. The van der Waals surface area contributed by atoms with Gasteiger partial charge in [0.2, 0.25) is 0 Å². The van der Waals surface area contributed by atoms with Crippen LogP contribution in [0.3, 0.4) is 0 Å². The number of hydrogen-bond donors (Lipinski definition) is 0. The molecule has 0 fully saturated rings. The van der Waals surface area contributed by atoms with Crippen LogP contribution in [0.1, 0.15) is 79.3 Å². The van der Waals surface area contributed by atoms with E-state index in [-0.39, 0.29) is 35.3 Å². The van der Waals surface area contributed by atoms with Crippen LogP contribution < -0.4 is 10.2 Å². The number of esters is 1. The maximum atomic E-state index is 13.0. The number of pyridine rings is 1. The van der Waals surface area contributed by atoms with Crippen LogP contribution in [-0.4, -0.2) is 43.3 Å². The largest absolute Gasteiger partial charge is 0.493 e. The molecule has 1 aromatic carbocycles. The van der Waals surface area contributed by atoms with Crippen molar-refractivity contribution >= 4 is 11.8 Å². The number of fused-ring (bicyclic) bond motifs is 3. The lowest BCUT2D eigenvalue weighted by Gasteiger charge is -2.34. The molecule has 2 aromatic rings. The van der Waals surface area contributed by atoms with Crippen LogP contribution in [0.4, 0.5) is 0 Å². The molecule has 1 unspecified atom stereocenters. The Balaban J connectivity index is 2.15. The molecule has 3 rings (SSSR count). The lowest BCUT2D eigenvalue weighted by molar-refractivity contribution is 0.0523. The van der Waals surface area contributed by atoms with Crippen molar-refractivity contribution in [2.75, 3.05) is 26.9 Å². The number of carbonyl (C=O) groups excluding carboxylic acids is 2. The average molecular weight is 470 g/mol. The topological polar surface area (TPSA) is 83.8 Å². The molecule has 1 aliphatic heterocycles. The normalized spacial score (nSPS) is 14.5. The summed E-state index contributed by atoms with van der Waals surface area (Å²) in [6.07, 6.45) is 4.18. The summed E-state index contributed by atoms with van der Waals surface area (Å²) in [5, 5.41) is 0. The molecule has 0 radical (unpaired) electrons. The van der Waals surface area contributed by atoms with E-state index in [1.807, 2.05) is 23.6 Å². The van der Waals surface area contributed by atoms with Gasteiger partial charge < -0.3 is 18.8 Å². The van der Waals surface area contributed by atoms with E-state index in [1.165, 1.54) is 6.07 Å². The first-order valence-electron chi connectivity index (χ1n) is 12.1. The van der Waals surface area contributed by atoms with Gasteiger partial charge in [0, 0.05) is 50.4 Å². The highest BCUT2D eigenvalue weighted by molar-refractivity contribution is 6.00. The molecule has 7 heteroatoms. The van der Waals surface area contributed by atoms with Gasteiger partial charge in [-0.15, -0.1) is 0 Å². The molecule has 0 N–H and O–H groups in total. The van der Waals surface area contributed by atoms with Gasteiger partial charge in [-0.1, -0.05) is 20.8 Å². The SMILES string of the molecule is CCCC(=O)c1cc2c(cc1OCCCOC)CC(C(C)C)n1cc(C(=O)OCC)c(=O)cc1-2. The highest BCUT2D eigenvalue weighted by Gasteiger charge is 2.30. The summed E-state index contributed by atoms with van der Waals surface area (Å²) in [7, 11) is 1.65. The predicted octanol–water partition coefficient (Wildman–Crippen LogP) is 4.84. The second kappa shape index (κ2) is 11.5. The summed E-state index contributed by atoms with van der Waals surface area (Å²) in [5.41, 5.74) is 2.72. The second-order valence-corrected chi connectivity index (χ2v) is 8.95. The molecule has 34 heavy (non-hydrogen) atoms. The van der Waals surface area contributed by atoms with Crippen molar-refractivity contribution in [1.82, 2.24) is 4.57 Å². The van der Waals surface area contributed by atoms with Gasteiger partial charge in [-0.25, -0.2) is 4.79 Å². The van der Waals surface area contributed by atoms with Crippen LogP contribution in [0.5, 0.6) is 5.75 Å². The lowest BCUT2D eigenvalue weighted by atomic mass is 9.85. The standard InChI is InChI=1S/C27H35NO6/c1-6-9-24(29)20-14-19-18(13-26(20)34-11-8-10-32-5)12-22(17(3)4)28-16-21(27(31)33-7-2)25(30)15-23(19)28/h13-17,22H,6-12H2,1-5H3. The summed E-state index contributed by atoms with van der Waals surface area (Å²) in [6.45, 7) is 9.14. The van der Waals surface area contributed by atoms with Gasteiger partial charge in [0.1, 0.15) is 11.3 Å². The van der Waals surface area contributed by atoms with Crippen molar-refractivity contribution in [3.63, 3.8) is 0 Å². The van der Waals surface area contributed by atoms with E-state index in [4.69, 9.17) is 14.2 Å². The summed E-state index contributed by atoms with van der Waals surface area (Å²) < 4.78 is 18.2. The molecule has 0 spiro atoms. The lowest BCUT2D eigenvalue weighted by Crippen LogP contribution is -2.29. The Bertz CT molecular complexity index is 1100. The average Bonchev–Trinajstić information content (AvgIpc) is 2.80. The molecule has 7 nitrogen and oxygen atoms in total. The highest BCUT2D eigenvalue weighted by atomic mass is 16.5. The predicted molar refractivity (Wildman–Crippen MR) is 131 cm³/mol. The van der Waals surface area contributed by atoms with Gasteiger partial charge >= 0.3 is 5.97 Å². The molecule has 1 aromatic heterocycles. The van der Waals surface area contributed by atoms with Crippen molar-refractivity contribution < 1.29 is 23.8 Å². The molecule has 1 atom stereocenters. The van der Waals surface area contributed by atoms with E-state index in [9.17, 15) is 14.4 Å².